The minimum atomic E-state index is -3.47. The van der Waals surface area contributed by atoms with Crippen LogP contribution in [0.15, 0.2) is 29.2 Å². The maximum atomic E-state index is 12.6. The van der Waals surface area contributed by atoms with Crippen molar-refractivity contribution in [2.75, 3.05) is 45.1 Å². The van der Waals surface area contributed by atoms with Crippen LogP contribution in [0.1, 0.15) is 13.8 Å². The number of carbonyl (C=O) groups excluding carboxylic acids is 1. The first-order valence-electron chi connectivity index (χ1n) is 8.12. The molecule has 24 heavy (non-hydrogen) atoms. The third kappa shape index (κ3) is 4.93. The smallest absolute Gasteiger partial charge is 0.319 e. The molecule has 0 atom stereocenters. The van der Waals surface area contributed by atoms with E-state index in [1.165, 1.54) is 16.4 Å². The number of hydrogen-bond donors (Lipinski definition) is 2. The van der Waals surface area contributed by atoms with Gasteiger partial charge in [-0.2, -0.15) is 4.31 Å². The molecule has 0 radical (unpaired) electrons. The summed E-state index contributed by atoms with van der Waals surface area (Å²) in [5, 5.41) is 5.45. The molecule has 134 valence electrons. The summed E-state index contributed by atoms with van der Waals surface area (Å²) in [6.45, 7) is 7.06. The van der Waals surface area contributed by atoms with E-state index in [4.69, 9.17) is 0 Å². The molecule has 0 unspecified atom stereocenters. The van der Waals surface area contributed by atoms with Crippen molar-refractivity contribution in [3.05, 3.63) is 24.3 Å². The van der Waals surface area contributed by atoms with Gasteiger partial charge in [0.05, 0.1) is 4.90 Å². The number of sulfonamides is 1. The van der Waals surface area contributed by atoms with Crippen molar-refractivity contribution in [3.63, 3.8) is 0 Å². The van der Waals surface area contributed by atoms with Crippen LogP contribution in [0.2, 0.25) is 0 Å². The molecule has 1 fully saturated rings. The van der Waals surface area contributed by atoms with Crippen molar-refractivity contribution in [2.45, 2.75) is 18.7 Å². The monoisotopic (exact) mass is 354 g/mol. The molecule has 0 aliphatic carbocycles. The number of urea groups is 1. The predicted octanol–water partition coefficient (Wildman–Crippen LogP) is 1.40. The lowest BCUT2D eigenvalue weighted by molar-refractivity contribution is 0.222. The van der Waals surface area contributed by atoms with Crippen molar-refractivity contribution in [3.8, 4) is 0 Å². The Kier molecular flexibility index (Phi) is 6.20. The molecular weight excluding hydrogens is 328 g/mol. The van der Waals surface area contributed by atoms with Crippen molar-refractivity contribution < 1.29 is 13.2 Å². The van der Waals surface area contributed by atoms with Crippen LogP contribution in [-0.2, 0) is 10.0 Å². The first kappa shape index (κ1) is 18.7. The standard InChI is InChI=1S/C16H26N4O3S/c1-13(2)12-17-16(21)18-14-4-6-15(7-5-14)24(22,23)20-10-8-19(3)9-11-20/h4-7,13H,8-12H2,1-3H3,(H2,17,18,21). The Morgan fingerprint density at radius 3 is 2.25 bits per heavy atom. The van der Waals surface area contributed by atoms with E-state index >= 15 is 0 Å². The maximum absolute atomic E-state index is 12.6. The fraction of sp³-hybridized carbons (Fsp3) is 0.562. The summed E-state index contributed by atoms with van der Waals surface area (Å²) in [6.07, 6.45) is 0. The average molecular weight is 354 g/mol. The highest BCUT2D eigenvalue weighted by Gasteiger charge is 2.27. The van der Waals surface area contributed by atoms with Crippen LogP contribution >= 0.6 is 0 Å². The molecule has 1 aromatic rings. The Bertz CT molecular complexity index is 650. The number of nitrogens with one attached hydrogen (secondary N) is 2. The normalized spacial score (nSPS) is 17.0. The van der Waals surface area contributed by atoms with E-state index in [1.807, 2.05) is 20.9 Å². The third-order valence-electron chi connectivity index (χ3n) is 3.88. The lowest BCUT2D eigenvalue weighted by atomic mass is 10.2. The minimum Gasteiger partial charge on any atom is -0.338 e. The average Bonchev–Trinajstić information content (AvgIpc) is 2.54. The maximum Gasteiger partial charge on any atom is 0.319 e. The third-order valence-corrected chi connectivity index (χ3v) is 5.80. The SMILES string of the molecule is CC(C)CNC(=O)Nc1ccc(S(=O)(=O)N2CCN(C)CC2)cc1. The second kappa shape index (κ2) is 7.96. The number of nitrogens with zero attached hydrogens (tertiary/aromatic N) is 2. The molecule has 1 heterocycles. The van der Waals surface area contributed by atoms with Crippen molar-refractivity contribution >= 4 is 21.7 Å². The lowest BCUT2D eigenvalue weighted by Crippen LogP contribution is -2.46. The van der Waals surface area contributed by atoms with Gasteiger partial charge < -0.3 is 15.5 Å². The molecule has 1 aliphatic heterocycles. The zero-order valence-electron chi connectivity index (χ0n) is 14.4. The summed E-state index contributed by atoms with van der Waals surface area (Å²) in [4.78, 5) is 14.1. The lowest BCUT2D eigenvalue weighted by Gasteiger charge is -2.31. The number of likely N-dealkylation sites (N-methyl/N-ethyl adjacent to an activating group) is 1. The van der Waals surface area contributed by atoms with Gasteiger partial charge in [0.15, 0.2) is 0 Å². The number of amides is 2. The highest BCUT2D eigenvalue weighted by atomic mass is 32.2. The van der Waals surface area contributed by atoms with E-state index in [-0.39, 0.29) is 10.9 Å². The molecule has 7 nitrogen and oxygen atoms in total. The second-order valence-corrected chi connectivity index (χ2v) is 8.40. The Hall–Kier alpha value is -1.64. The molecule has 1 saturated heterocycles. The number of piperazine rings is 1. The minimum absolute atomic E-state index is 0.250. The zero-order chi connectivity index (χ0) is 17.7. The molecule has 1 aromatic carbocycles. The van der Waals surface area contributed by atoms with E-state index in [2.05, 4.69) is 15.5 Å². The Morgan fingerprint density at radius 2 is 1.71 bits per heavy atom. The predicted molar refractivity (Wildman–Crippen MR) is 94.6 cm³/mol. The van der Waals surface area contributed by atoms with Crippen molar-refractivity contribution in [1.29, 1.82) is 0 Å². The Balaban J connectivity index is 1.99. The van der Waals surface area contributed by atoms with Gasteiger partial charge in [0.1, 0.15) is 0 Å². The number of benzene rings is 1. The summed E-state index contributed by atoms with van der Waals surface area (Å²) in [6, 6.07) is 5.99. The fourth-order valence-electron chi connectivity index (χ4n) is 2.36. The summed E-state index contributed by atoms with van der Waals surface area (Å²) >= 11 is 0. The first-order valence-corrected chi connectivity index (χ1v) is 9.56. The summed E-state index contributed by atoms with van der Waals surface area (Å²) in [7, 11) is -1.49. The summed E-state index contributed by atoms with van der Waals surface area (Å²) in [5.41, 5.74) is 0.564. The van der Waals surface area contributed by atoms with Gasteiger partial charge in [-0.05, 0) is 37.2 Å². The molecule has 0 bridgehead atoms. The van der Waals surface area contributed by atoms with Gasteiger partial charge in [-0.3, -0.25) is 0 Å². The molecule has 2 rings (SSSR count). The van der Waals surface area contributed by atoms with Gasteiger partial charge in [-0.25, -0.2) is 13.2 Å². The molecular formula is C16H26N4O3S. The van der Waals surface area contributed by atoms with E-state index in [0.717, 1.165) is 13.1 Å². The Morgan fingerprint density at radius 1 is 1.12 bits per heavy atom. The number of anilines is 1. The van der Waals surface area contributed by atoms with Gasteiger partial charge in [0.25, 0.3) is 0 Å². The van der Waals surface area contributed by atoms with Crippen LogP contribution in [0, 0.1) is 5.92 Å². The quantitative estimate of drug-likeness (QED) is 0.837. The topological polar surface area (TPSA) is 81.8 Å². The van der Waals surface area contributed by atoms with E-state index in [9.17, 15) is 13.2 Å². The zero-order valence-corrected chi connectivity index (χ0v) is 15.3. The molecule has 0 saturated carbocycles. The summed E-state index contributed by atoms with van der Waals surface area (Å²) < 4.78 is 26.7. The molecule has 0 spiro atoms. The van der Waals surface area contributed by atoms with Crippen LogP contribution in [0.25, 0.3) is 0 Å². The van der Waals surface area contributed by atoms with E-state index in [0.29, 0.717) is 31.2 Å². The molecule has 1 aliphatic rings. The van der Waals surface area contributed by atoms with Gasteiger partial charge in [-0.1, -0.05) is 13.8 Å². The first-order chi connectivity index (χ1) is 11.3. The number of carbonyl (C=O) groups is 1. The summed E-state index contributed by atoms with van der Waals surface area (Å²) in [5.74, 6) is 0.367. The van der Waals surface area contributed by atoms with Gasteiger partial charge >= 0.3 is 6.03 Å². The van der Waals surface area contributed by atoms with Crippen LogP contribution in [0.4, 0.5) is 10.5 Å². The number of hydrogen-bond acceptors (Lipinski definition) is 4. The molecule has 8 heteroatoms. The van der Waals surface area contributed by atoms with Crippen molar-refractivity contribution in [2.24, 2.45) is 5.92 Å². The fourth-order valence-corrected chi connectivity index (χ4v) is 3.78. The van der Waals surface area contributed by atoms with Crippen LogP contribution < -0.4 is 10.6 Å². The highest BCUT2D eigenvalue weighted by Crippen LogP contribution is 2.19. The van der Waals surface area contributed by atoms with Crippen LogP contribution in [0.5, 0.6) is 0 Å². The largest absolute Gasteiger partial charge is 0.338 e. The van der Waals surface area contributed by atoms with E-state index < -0.39 is 10.0 Å². The van der Waals surface area contributed by atoms with Crippen LogP contribution in [0.3, 0.4) is 0 Å². The molecule has 2 amide bonds. The van der Waals surface area contributed by atoms with E-state index in [1.54, 1.807) is 12.1 Å². The van der Waals surface area contributed by atoms with Gasteiger partial charge in [-0.15, -0.1) is 0 Å². The highest BCUT2D eigenvalue weighted by molar-refractivity contribution is 7.89. The Labute approximate surface area is 144 Å². The molecule has 0 aromatic heterocycles. The van der Waals surface area contributed by atoms with Crippen LogP contribution in [-0.4, -0.2) is 63.4 Å². The van der Waals surface area contributed by atoms with Gasteiger partial charge in [0, 0.05) is 38.4 Å². The molecule has 2 N–H and O–H groups in total. The van der Waals surface area contributed by atoms with Crippen molar-refractivity contribution in [1.82, 2.24) is 14.5 Å². The second-order valence-electron chi connectivity index (χ2n) is 6.46. The number of rotatable bonds is 5. The van der Waals surface area contributed by atoms with Gasteiger partial charge in [0.2, 0.25) is 10.0 Å².